The van der Waals surface area contributed by atoms with Crippen LogP contribution in [0.25, 0.3) is 0 Å². The van der Waals surface area contributed by atoms with Gasteiger partial charge in [0.1, 0.15) is 0 Å². The molecule has 1 saturated carbocycles. The van der Waals surface area contributed by atoms with E-state index < -0.39 is 0 Å². The van der Waals surface area contributed by atoms with Gasteiger partial charge in [-0.3, -0.25) is 4.90 Å². The Balaban J connectivity index is 1.77. The van der Waals surface area contributed by atoms with Gasteiger partial charge in [0.2, 0.25) is 0 Å². The molecule has 0 amide bonds. The minimum Gasteiger partial charge on any atom is -0.311 e. The second-order valence-electron chi connectivity index (χ2n) is 6.95. The minimum atomic E-state index is 0.321. The van der Waals surface area contributed by atoms with Crippen LogP contribution in [0, 0.1) is 11.8 Å². The van der Waals surface area contributed by atoms with Gasteiger partial charge >= 0.3 is 0 Å². The van der Waals surface area contributed by atoms with Crippen LogP contribution in [0.15, 0.2) is 12.1 Å². The van der Waals surface area contributed by atoms with Crippen molar-refractivity contribution in [3.63, 3.8) is 0 Å². The maximum Gasteiger partial charge on any atom is 0.0931 e. The molecular weight excluding hydrogens is 288 g/mol. The standard InChI is InChI=1S/C16H25ClN2S/c1-11(2)14-9-19(8-13-6-7-15(17)20-13)16(3,10-18-14)12-4-5-12/h6-7,11-12,14,18H,4-5,8-10H2,1-3H3. The summed E-state index contributed by atoms with van der Waals surface area (Å²) in [7, 11) is 0. The van der Waals surface area contributed by atoms with Gasteiger partial charge in [-0.15, -0.1) is 11.3 Å². The molecule has 112 valence electrons. The monoisotopic (exact) mass is 312 g/mol. The summed E-state index contributed by atoms with van der Waals surface area (Å²) in [4.78, 5) is 4.11. The lowest BCUT2D eigenvalue weighted by molar-refractivity contribution is 0.0194. The molecule has 20 heavy (non-hydrogen) atoms. The molecule has 0 spiro atoms. The lowest BCUT2D eigenvalue weighted by atomic mass is 9.87. The Kier molecular flexibility index (Phi) is 4.15. The lowest BCUT2D eigenvalue weighted by Crippen LogP contribution is -2.65. The number of piperazine rings is 1. The highest BCUT2D eigenvalue weighted by Gasteiger charge is 2.48. The van der Waals surface area contributed by atoms with E-state index in [2.05, 4.69) is 37.1 Å². The van der Waals surface area contributed by atoms with Gasteiger partial charge in [-0.05, 0) is 43.7 Å². The summed E-state index contributed by atoms with van der Waals surface area (Å²) in [5.74, 6) is 1.56. The molecule has 2 fully saturated rings. The molecule has 1 N–H and O–H groups in total. The van der Waals surface area contributed by atoms with Crippen molar-refractivity contribution in [1.29, 1.82) is 0 Å². The van der Waals surface area contributed by atoms with Gasteiger partial charge in [0, 0.05) is 36.1 Å². The number of thiophene rings is 1. The third-order valence-electron chi connectivity index (χ3n) is 5.10. The minimum absolute atomic E-state index is 0.321. The number of hydrogen-bond acceptors (Lipinski definition) is 3. The van der Waals surface area contributed by atoms with Crippen molar-refractivity contribution in [2.75, 3.05) is 13.1 Å². The van der Waals surface area contributed by atoms with E-state index in [0.29, 0.717) is 17.5 Å². The second-order valence-corrected chi connectivity index (χ2v) is 8.75. The third-order valence-corrected chi connectivity index (χ3v) is 6.31. The van der Waals surface area contributed by atoms with Crippen LogP contribution in [0.1, 0.15) is 38.5 Å². The normalized spacial score (nSPS) is 31.9. The van der Waals surface area contributed by atoms with Crippen molar-refractivity contribution in [2.24, 2.45) is 11.8 Å². The van der Waals surface area contributed by atoms with Crippen LogP contribution in [0.5, 0.6) is 0 Å². The first kappa shape index (κ1) is 14.8. The van der Waals surface area contributed by atoms with Crippen LogP contribution in [0.3, 0.4) is 0 Å². The molecule has 2 aliphatic rings. The maximum absolute atomic E-state index is 6.09. The van der Waals surface area contributed by atoms with E-state index in [1.165, 1.54) is 17.7 Å². The van der Waals surface area contributed by atoms with Crippen molar-refractivity contribution in [3.05, 3.63) is 21.3 Å². The summed E-state index contributed by atoms with van der Waals surface area (Å²) in [6, 6.07) is 4.82. The van der Waals surface area contributed by atoms with Crippen LogP contribution in [-0.2, 0) is 6.54 Å². The average molecular weight is 313 g/mol. The fourth-order valence-corrected chi connectivity index (χ4v) is 4.49. The SMILES string of the molecule is CC(C)C1CN(Cc2ccc(Cl)s2)C(C)(C2CC2)CN1. The molecule has 1 saturated heterocycles. The van der Waals surface area contributed by atoms with Crippen molar-refractivity contribution < 1.29 is 0 Å². The molecule has 1 aromatic heterocycles. The Morgan fingerprint density at radius 3 is 2.75 bits per heavy atom. The molecule has 0 radical (unpaired) electrons. The number of nitrogens with zero attached hydrogens (tertiary/aromatic N) is 1. The average Bonchev–Trinajstić information content (AvgIpc) is 3.17. The molecule has 2 nitrogen and oxygen atoms in total. The fourth-order valence-electron chi connectivity index (χ4n) is 3.38. The number of nitrogens with one attached hydrogen (secondary N) is 1. The van der Waals surface area contributed by atoms with Gasteiger partial charge in [0.15, 0.2) is 0 Å². The van der Waals surface area contributed by atoms with Gasteiger partial charge in [0.25, 0.3) is 0 Å². The zero-order valence-corrected chi connectivity index (χ0v) is 14.2. The first-order valence-electron chi connectivity index (χ1n) is 7.71. The van der Waals surface area contributed by atoms with Crippen molar-refractivity contribution >= 4 is 22.9 Å². The van der Waals surface area contributed by atoms with Crippen LogP contribution >= 0.6 is 22.9 Å². The predicted molar refractivity (Wildman–Crippen MR) is 87.5 cm³/mol. The molecule has 2 atom stereocenters. The fraction of sp³-hybridized carbons (Fsp3) is 0.750. The number of hydrogen-bond donors (Lipinski definition) is 1. The van der Waals surface area contributed by atoms with E-state index in [4.69, 9.17) is 11.6 Å². The zero-order valence-electron chi connectivity index (χ0n) is 12.7. The largest absolute Gasteiger partial charge is 0.311 e. The van der Waals surface area contributed by atoms with Crippen LogP contribution in [0.4, 0.5) is 0 Å². The quantitative estimate of drug-likeness (QED) is 0.904. The van der Waals surface area contributed by atoms with Crippen molar-refractivity contribution in [1.82, 2.24) is 10.2 Å². The summed E-state index contributed by atoms with van der Waals surface area (Å²) in [5.41, 5.74) is 0.321. The Morgan fingerprint density at radius 1 is 1.45 bits per heavy atom. The van der Waals surface area contributed by atoms with Crippen LogP contribution in [0.2, 0.25) is 4.34 Å². The topological polar surface area (TPSA) is 15.3 Å². The Labute approximate surface area is 131 Å². The lowest BCUT2D eigenvalue weighted by Gasteiger charge is -2.49. The first-order chi connectivity index (χ1) is 9.49. The molecule has 1 aliphatic heterocycles. The smallest absolute Gasteiger partial charge is 0.0931 e. The first-order valence-corrected chi connectivity index (χ1v) is 8.91. The molecule has 1 aliphatic carbocycles. The van der Waals surface area contributed by atoms with Gasteiger partial charge in [-0.2, -0.15) is 0 Å². The van der Waals surface area contributed by atoms with Gasteiger partial charge < -0.3 is 5.32 Å². The Morgan fingerprint density at radius 2 is 2.20 bits per heavy atom. The molecule has 3 rings (SSSR count). The van der Waals surface area contributed by atoms with E-state index in [1.807, 2.05) is 6.07 Å². The van der Waals surface area contributed by atoms with Crippen molar-refractivity contribution in [3.8, 4) is 0 Å². The molecule has 4 heteroatoms. The molecular formula is C16H25ClN2S. The highest BCUT2D eigenvalue weighted by Crippen LogP contribution is 2.45. The van der Waals surface area contributed by atoms with Crippen molar-refractivity contribution in [2.45, 2.75) is 51.7 Å². The molecule has 0 bridgehead atoms. The summed E-state index contributed by atoms with van der Waals surface area (Å²) >= 11 is 7.82. The summed E-state index contributed by atoms with van der Waals surface area (Å²) < 4.78 is 0.906. The molecule has 1 aromatic rings. The van der Waals surface area contributed by atoms with E-state index in [9.17, 15) is 0 Å². The van der Waals surface area contributed by atoms with E-state index in [1.54, 1.807) is 11.3 Å². The van der Waals surface area contributed by atoms with E-state index in [0.717, 1.165) is 29.9 Å². The summed E-state index contributed by atoms with van der Waals surface area (Å²) in [5, 5.41) is 3.79. The van der Waals surface area contributed by atoms with Gasteiger partial charge in [-0.25, -0.2) is 0 Å². The predicted octanol–water partition coefficient (Wildman–Crippen LogP) is 4.00. The summed E-state index contributed by atoms with van der Waals surface area (Å²) in [6.07, 6.45) is 2.79. The third kappa shape index (κ3) is 2.92. The van der Waals surface area contributed by atoms with Gasteiger partial charge in [0.05, 0.1) is 4.34 Å². The van der Waals surface area contributed by atoms with Gasteiger partial charge in [-0.1, -0.05) is 25.4 Å². The van der Waals surface area contributed by atoms with Crippen LogP contribution < -0.4 is 5.32 Å². The molecule has 0 aromatic carbocycles. The highest BCUT2D eigenvalue weighted by atomic mass is 35.5. The maximum atomic E-state index is 6.09. The second kappa shape index (κ2) is 5.60. The Bertz CT molecular complexity index is 469. The molecule has 2 heterocycles. The zero-order chi connectivity index (χ0) is 14.3. The van der Waals surface area contributed by atoms with E-state index in [-0.39, 0.29) is 0 Å². The van der Waals surface area contributed by atoms with Crippen LogP contribution in [-0.4, -0.2) is 29.6 Å². The number of rotatable bonds is 4. The molecule has 2 unspecified atom stereocenters. The Hall–Kier alpha value is -0.0900. The highest BCUT2D eigenvalue weighted by molar-refractivity contribution is 7.16. The van der Waals surface area contributed by atoms with E-state index >= 15 is 0 Å². The number of halogens is 1. The summed E-state index contributed by atoms with van der Waals surface area (Å²) in [6.45, 7) is 10.4.